The molecule has 0 aliphatic rings. The Kier molecular flexibility index (Phi) is 3.92. The summed E-state index contributed by atoms with van der Waals surface area (Å²) in [6.07, 6.45) is 1.79. The number of thioether (sulfide) groups is 1. The minimum Gasteiger partial charge on any atom is -0.238 e. The highest BCUT2D eigenvalue weighted by molar-refractivity contribution is 8.00. The second-order valence-corrected chi connectivity index (χ2v) is 5.72. The van der Waals surface area contributed by atoms with Gasteiger partial charge in [0, 0.05) is 27.4 Å². The third-order valence-electron chi connectivity index (χ3n) is 1.81. The molecular weight excluding hydrogens is 269 g/mol. The number of benzene rings is 1. The molecule has 0 bridgehead atoms. The first-order chi connectivity index (χ1) is 7.27. The highest BCUT2D eigenvalue weighted by Gasteiger charge is 2.06. The van der Waals surface area contributed by atoms with E-state index in [0.717, 1.165) is 15.7 Å². The van der Waals surface area contributed by atoms with Crippen LogP contribution in [-0.4, -0.2) is 4.98 Å². The molecule has 0 saturated carbocycles. The summed E-state index contributed by atoms with van der Waals surface area (Å²) in [5, 5.41) is 3.38. The molecular formula is C10H7Cl2NS2. The Morgan fingerprint density at radius 1 is 1.27 bits per heavy atom. The van der Waals surface area contributed by atoms with Crippen molar-refractivity contribution in [1.29, 1.82) is 0 Å². The van der Waals surface area contributed by atoms with Gasteiger partial charge in [0.25, 0.3) is 0 Å². The Morgan fingerprint density at radius 2 is 2.00 bits per heavy atom. The number of rotatable bonds is 3. The molecule has 0 saturated heterocycles. The molecule has 0 aliphatic carbocycles. The Balaban J connectivity index is 2.11. The lowest BCUT2D eigenvalue weighted by atomic mass is 10.2. The van der Waals surface area contributed by atoms with E-state index in [9.17, 15) is 0 Å². The molecule has 0 unspecified atom stereocenters. The zero-order chi connectivity index (χ0) is 10.7. The summed E-state index contributed by atoms with van der Waals surface area (Å²) < 4.78 is 1.03. The normalized spacial score (nSPS) is 10.5. The van der Waals surface area contributed by atoms with Gasteiger partial charge in [-0.3, -0.25) is 0 Å². The SMILES string of the molecule is Clc1cccc(Cl)c1CSc1nccs1. The van der Waals surface area contributed by atoms with Crippen molar-refractivity contribution >= 4 is 46.3 Å². The van der Waals surface area contributed by atoms with E-state index in [4.69, 9.17) is 23.2 Å². The van der Waals surface area contributed by atoms with E-state index in [1.165, 1.54) is 0 Å². The maximum absolute atomic E-state index is 6.05. The molecule has 1 nitrogen and oxygen atoms in total. The van der Waals surface area contributed by atoms with E-state index in [-0.39, 0.29) is 0 Å². The maximum atomic E-state index is 6.05. The fraction of sp³-hybridized carbons (Fsp3) is 0.100. The standard InChI is InChI=1S/C10H7Cl2NS2/c11-8-2-1-3-9(12)7(8)6-15-10-13-4-5-14-10/h1-5H,6H2. The topological polar surface area (TPSA) is 12.9 Å². The summed E-state index contributed by atoms with van der Waals surface area (Å²) in [4.78, 5) is 4.19. The highest BCUT2D eigenvalue weighted by Crippen LogP contribution is 2.31. The second-order valence-electron chi connectivity index (χ2n) is 2.79. The Hall–Kier alpha value is -0.220. The Morgan fingerprint density at radius 3 is 2.60 bits per heavy atom. The molecule has 1 aromatic heterocycles. The van der Waals surface area contributed by atoms with Gasteiger partial charge in [-0.05, 0) is 17.7 Å². The monoisotopic (exact) mass is 275 g/mol. The number of thiazole rings is 1. The molecule has 0 atom stereocenters. The summed E-state index contributed by atoms with van der Waals surface area (Å²) in [6, 6.07) is 5.55. The van der Waals surface area contributed by atoms with Crippen molar-refractivity contribution in [2.24, 2.45) is 0 Å². The first kappa shape index (κ1) is 11.3. The van der Waals surface area contributed by atoms with Crippen LogP contribution in [-0.2, 0) is 5.75 Å². The number of hydrogen-bond acceptors (Lipinski definition) is 3. The van der Waals surface area contributed by atoms with Crippen LogP contribution in [0.1, 0.15) is 5.56 Å². The molecule has 0 N–H and O–H groups in total. The van der Waals surface area contributed by atoms with Gasteiger partial charge < -0.3 is 0 Å². The molecule has 0 amide bonds. The van der Waals surface area contributed by atoms with Crippen molar-refractivity contribution in [3.05, 3.63) is 45.4 Å². The van der Waals surface area contributed by atoms with Crippen LogP contribution in [0, 0.1) is 0 Å². The average Bonchev–Trinajstić information content (AvgIpc) is 2.70. The molecule has 2 rings (SSSR count). The van der Waals surface area contributed by atoms with E-state index in [2.05, 4.69) is 4.98 Å². The number of nitrogens with zero attached hydrogens (tertiary/aromatic N) is 1. The summed E-state index contributed by atoms with van der Waals surface area (Å²) in [6.45, 7) is 0. The lowest BCUT2D eigenvalue weighted by Gasteiger charge is -2.04. The number of halogens is 2. The minimum atomic E-state index is 0.714. The van der Waals surface area contributed by atoms with Gasteiger partial charge in [0.05, 0.1) is 0 Å². The smallest absolute Gasteiger partial charge is 0.150 e. The van der Waals surface area contributed by atoms with Crippen LogP contribution in [0.15, 0.2) is 34.1 Å². The number of aromatic nitrogens is 1. The van der Waals surface area contributed by atoms with Gasteiger partial charge in [0.15, 0.2) is 0 Å². The molecule has 2 aromatic rings. The summed E-state index contributed by atoms with van der Waals surface area (Å²) >= 11 is 15.4. The highest BCUT2D eigenvalue weighted by atomic mass is 35.5. The van der Waals surface area contributed by atoms with Crippen molar-refractivity contribution in [3.8, 4) is 0 Å². The van der Waals surface area contributed by atoms with Crippen molar-refractivity contribution in [3.63, 3.8) is 0 Å². The average molecular weight is 276 g/mol. The van der Waals surface area contributed by atoms with Crippen LogP contribution in [0.3, 0.4) is 0 Å². The first-order valence-corrected chi connectivity index (χ1v) is 6.84. The molecule has 1 heterocycles. The van der Waals surface area contributed by atoms with Crippen LogP contribution in [0.4, 0.5) is 0 Å². The Bertz CT molecular complexity index is 422. The van der Waals surface area contributed by atoms with Crippen LogP contribution in [0.25, 0.3) is 0 Å². The van der Waals surface area contributed by atoms with Gasteiger partial charge in [-0.1, -0.05) is 41.0 Å². The van der Waals surface area contributed by atoms with Crippen LogP contribution in [0.2, 0.25) is 10.0 Å². The van der Waals surface area contributed by atoms with Gasteiger partial charge in [0.1, 0.15) is 4.34 Å². The third kappa shape index (κ3) is 2.88. The molecule has 5 heteroatoms. The zero-order valence-corrected chi connectivity index (χ0v) is 10.8. The van der Waals surface area contributed by atoms with Crippen LogP contribution >= 0.6 is 46.3 Å². The molecule has 1 aromatic carbocycles. The van der Waals surface area contributed by atoms with Crippen molar-refractivity contribution in [2.75, 3.05) is 0 Å². The van der Waals surface area contributed by atoms with Crippen molar-refractivity contribution in [2.45, 2.75) is 10.1 Å². The summed E-state index contributed by atoms with van der Waals surface area (Å²) in [5.41, 5.74) is 0.973. The summed E-state index contributed by atoms with van der Waals surface area (Å²) in [7, 11) is 0. The summed E-state index contributed by atoms with van der Waals surface area (Å²) in [5.74, 6) is 0.756. The molecule has 78 valence electrons. The predicted octanol–water partition coefficient (Wildman–Crippen LogP) is 4.74. The quantitative estimate of drug-likeness (QED) is 0.751. The largest absolute Gasteiger partial charge is 0.238 e. The van der Waals surface area contributed by atoms with E-state index < -0.39 is 0 Å². The van der Waals surface area contributed by atoms with E-state index in [0.29, 0.717) is 10.0 Å². The van der Waals surface area contributed by atoms with Crippen LogP contribution in [0.5, 0.6) is 0 Å². The molecule has 0 radical (unpaired) electrons. The molecule has 0 fully saturated rings. The third-order valence-corrected chi connectivity index (χ3v) is 4.51. The fourth-order valence-corrected chi connectivity index (χ4v) is 3.46. The molecule has 0 spiro atoms. The van der Waals surface area contributed by atoms with Crippen molar-refractivity contribution in [1.82, 2.24) is 4.98 Å². The van der Waals surface area contributed by atoms with Gasteiger partial charge in [0.2, 0.25) is 0 Å². The van der Waals surface area contributed by atoms with E-state index in [1.54, 1.807) is 29.3 Å². The van der Waals surface area contributed by atoms with Gasteiger partial charge in [-0.2, -0.15) is 0 Å². The Labute approximate surface area is 106 Å². The first-order valence-electron chi connectivity index (χ1n) is 4.22. The van der Waals surface area contributed by atoms with E-state index >= 15 is 0 Å². The lowest BCUT2D eigenvalue weighted by Crippen LogP contribution is -1.84. The zero-order valence-electron chi connectivity index (χ0n) is 7.61. The number of hydrogen-bond donors (Lipinski definition) is 0. The van der Waals surface area contributed by atoms with Gasteiger partial charge in [-0.15, -0.1) is 11.3 Å². The molecule has 0 aliphatic heterocycles. The maximum Gasteiger partial charge on any atom is 0.150 e. The molecule has 15 heavy (non-hydrogen) atoms. The van der Waals surface area contributed by atoms with Gasteiger partial charge in [-0.25, -0.2) is 4.98 Å². The van der Waals surface area contributed by atoms with E-state index in [1.807, 2.05) is 23.6 Å². The van der Waals surface area contributed by atoms with Gasteiger partial charge >= 0.3 is 0 Å². The van der Waals surface area contributed by atoms with Crippen molar-refractivity contribution < 1.29 is 0 Å². The second kappa shape index (κ2) is 5.21. The predicted molar refractivity (Wildman–Crippen MR) is 68.1 cm³/mol. The van der Waals surface area contributed by atoms with Crippen LogP contribution < -0.4 is 0 Å². The lowest BCUT2D eigenvalue weighted by molar-refractivity contribution is 1.24. The minimum absolute atomic E-state index is 0.714. The fourth-order valence-electron chi connectivity index (χ4n) is 1.09.